The molecule has 7 heteroatoms. The maximum absolute atomic E-state index is 11.9. The molecule has 1 aromatic heterocycles. The highest BCUT2D eigenvalue weighted by Crippen LogP contribution is 2.35. The lowest BCUT2D eigenvalue weighted by Crippen LogP contribution is -2.43. The Bertz CT molecular complexity index is 599. The monoisotopic (exact) mass is 295 g/mol. The lowest BCUT2D eigenvalue weighted by atomic mass is 9.74. The van der Waals surface area contributed by atoms with Crippen molar-refractivity contribution in [3.05, 3.63) is 33.1 Å². The molecule has 21 heavy (non-hydrogen) atoms. The molecule has 1 aliphatic rings. The SMILES string of the molecule is O=C(Cn1ccc(=O)[nH]c1=O)NCC1(CO)CCCCC1. The third-order valence-corrected chi connectivity index (χ3v) is 4.12. The number of carbonyl (C=O) groups is 1. The molecule has 0 radical (unpaired) electrons. The number of nitrogens with one attached hydrogen (secondary N) is 2. The van der Waals surface area contributed by atoms with Crippen LogP contribution in [0, 0.1) is 5.41 Å². The van der Waals surface area contributed by atoms with Crippen LogP contribution in [0.4, 0.5) is 0 Å². The van der Waals surface area contributed by atoms with Gasteiger partial charge < -0.3 is 10.4 Å². The molecule has 0 atom stereocenters. The number of hydrogen-bond donors (Lipinski definition) is 3. The molecule has 1 saturated carbocycles. The molecule has 1 heterocycles. The number of aliphatic hydroxyl groups excluding tert-OH is 1. The van der Waals surface area contributed by atoms with Crippen LogP contribution in [0.2, 0.25) is 0 Å². The van der Waals surface area contributed by atoms with Crippen molar-refractivity contribution in [3.63, 3.8) is 0 Å². The Balaban J connectivity index is 1.92. The first-order chi connectivity index (χ1) is 10.0. The highest BCUT2D eigenvalue weighted by Gasteiger charge is 2.31. The third kappa shape index (κ3) is 4.04. The highest BCUT2D eigenvalue weighted by molar-refractivity contribution is 5.75. The van der Waals surface area contributed by atoms with Crippen molar-refractivity contribution < 1.29 is 9.90 Å². The van der Waals surface area contributed by atoms with E-state index < -0.39 is 11.2 Å². The second-order valence-corrected chi connectivity index (χ2v) is 5.73. The Labute approximate surface area is 122 Å². The molecular weight excluding hydrogens is 274 g/mol. The molecule has 1 fully saturated rings. The van der Waals surface area contributed by atoms with Gasteiger partial charge in [-0.15, -0.1) is 0 Å². The van der Waals surface area contributed by atoms with Crippen LogP contribution in [-0.4, -0.2) is 33.7 Å². The van der Waals surface area contributed by atoms with E-state index in [0.29, 0.717) is 6.54 Å². The molecule has 0 bridgehead atoms. The van der Waals surface area contributed by atoms with Gasteiger partial charge in [-0.05, 0) is 12.8 Å². The zero-order valence-electron chi connectivity index (χ0n) is 11.9. The van der Waals surface area contributed by atoms with E-state index in [1.165, 1.54) is 18.7 Å². The molecule has 3 N–H and O–H groups in total. The summed E-state index contributed by atoms with van der Waals surface area (Å²) >= 11 is 0. The van der Waals surface area contributed by atoms with Crippen LogP contribution in [0.5, 0.6) is 0 Å². The molecule has 1 aliphatic carbocycles. The van der Waals surface area contributed by atoms with Crippen molar-refractivity contribution in [2.75, 3.05) is 13.2 Å². The summed E-state index contributed by atoms with van der Waals surface area (Å²) in [6, 6.07) is 1.20. The van der Waals surface area contributed by atoms with Gasteiger partial charge in [0.2, 0.25) is 5.91 Å². The summed E-state index contributed by atoms with van der Waals surface area (Å²) in [7, 11) is 0. The predicted molar refractivity (Wildman–Crippen MR) is 76.9 cm³/mol. The van der Waals surface area contributed by atoms with Crippen molar-refractivity contribution in [1.29, 1.82) is 0 Å². The average molecular weight is 295 g/mol. The molecule has 1 amide bonds. The highest BCUT2D eigenvalue weighted by atomic mass is 16.3. The van der Waals surface area contributed by atoms with Gasteiger partial charge in [0.15, 0.2) is 0 Å². The van der Waals surface area contributed by atoms with Crippen LogP contribution in [0.25, 0.3) is 0 Å². The van der Waals surface area contributed by atoms with Gasteiger partial charge in [0.1, 0.15) is 6.54 Å². The first-order valence-corrected chi connectivity index (χ1v) is 7.22. The molecule has 0 aliphatic heterocycles. The normalized spacial score (nSPS) is 17.4. The zero-order valence-corrected chi connectivity index (χ0v) is 11.9. The molecule has 0 unspecified atom stereocenters. The van der Waals surface area contributed by atoms with Gasteiger partial charge in [0, 0.05) is 24.2 Å². The van der Waals surface area contributed by atoms with Crippen LogP contribution < -0.4 is 16.6 Å². The molecule has 116 valence electrons. The van der Waals surface area contributed by atoms with Crippen LogP contribution in [-0.2, 0) is 11.3 Å². The summed E-state index contributed by atoms with van der Waals surface area (Å²) in [4.78, 5) is 36.4. The van der Waals surface area contributed by atoms with Crippen LogP contribution in [0.15, 0.2) is 21.9 Å². The number of hydrogen-bond acceptors (Lipinski definition) is 4. The van der Waals surface area contributed by atoms with Crippen LogP contribution >= 0.6 is 0 Å². The Kier molecular flexibility index (Phi) is 4.95. The first kappa shape index (κ1) is 15.5. The van der Waals surface area contributed by atoms with E-state index in [2.05, 4.69) is 10.3 Å². The van der Waals surface area contributed by atoms with Crippen molar-refractivity contribution in [2.24, 2.45) is 5.41 Å². The minimum Gasteiger partial charge on any atom is -0.396 e. The summed E-state index contributed by atoms with van der Waals surface area (Å²) in [6.07, 6.45) is 6.40. The molecule has 7 nitrogen and oxygen atoms in total. The smallest absolute Gasteiger partial charge is 0.328 e. The van der Waals surface area contributed by atoms with Crippen LogP contribution in [0.3, 0.4) is 0 Å². The number of aromatic amines is 1. The van der Waals surface area contributed by atoms with E-state index >= 15 is 0 Å². The molecule has 0 saturated heterocycles. The van der Waals surface area contributed by atoms with Crippen molar-refractivity contribution in [1.82, 2.24) is 14.9 Å². The summed E-state index contributed by atoms with van der Waals surface area (Å²) in [6.45, 7) is 0.337. The fourth-order valence-electron chi connectivity index (χ4n) is 2.76. The number of aliphatic hydroxyl groups is 1. The van der Waals surface area contributed by atoms with Crippen molar-refractivity contribution >= 4 is 5.91 Å². The maximum atomic E-state index is 11.9. The Morgan fingerprint density at radius 1 is 1.33 bits per heavy atom. The lowest BCUT2D eigenvalue weighted by Gasteiger charge is -2.35. The minimum absolute atomic E-state index is 0.0614. The largest absolute Gasteiger partial charge is 0.396 e. The molecule has 2 rings (SSSR count). The van der Waals surface area contributed by atoms with E-state index in [0.717, 1.165) is 30.3 Å². The number of aromatic nitrogens is 2. The molecule has 0 spiro atoms. The minimum atomic E-state index is -0.604. The number of rotatable bonds is 5. The van der Waals surface area contributed by atoms with Crippen molar-refractivity contribution in [2.45, 2.75) is 38.6 Å². The van der Waals surface area contributed by atoms with Gasteiger partial charge in [0.05, 0.1) is 6.61 Å². The quantitative estimate of drug-likeness (QED) is 0.687. The average Bonchev–Trinajstić information content (AvgIpc) is 2.49. The number of carbonyl (C=O) groups excluding carboxylic acids is 1. The Hall–Kier alpha value is -1.89. The topological polar surface area (TPSA) is 104 Å². The summed E-state index contributed by atoms with van der Waals surface area (Å²) in [5.74, 6) is -0.303. The number of nitrogens with zero attached hydrogens (tertiary/aromatic N) is 1. The molecular formula is C14H21N3O4. The van der Waals surface area contributed by atoms with Gasteiger partial charge in [-0.25, -0.2) is 4.79 Å². The van der Waals surface area contributed by atoms with E-state index in [-0.39, 0.29) is 24.5 Å². The molecule has 0 aromatic carbocycles. The second-order valence-electron chi connectivity index (χ2n) is 5.73. The van der Waals surface area contributed by atoms with Gasteiger partial charge in [-0.2, -0.15) is 0 Å². The van der Waals surface area contributed by atoms with Gasteiger partial charge in [-0.1, -0.05) is 19.3 Å². The predicted octanol–water partition coefficient (Wildman–Crippen LogP) is -0.404. The summed E-state index contributed by atoms with van der Waals surface area (Å²) in [5.41, 5.74) is -1.32. The van der Waals surface area contributed by atoms with E-state index in [9.17, 15) is 19.5 Å². The van der Waals surface area contributed by atoms with Gasteiger partial charge in [-0.3, -0.25) is 19.1 Å². The maximum Gasteiger partial charge on any atom is 0.328 e. The number of H-pyrrole nitrogens is 1. The van der Waals surface area contributed by atoms with Crippen LogP contribution in [0.1, 0.15) is 32.1 Å². The van der Waals surface area contributed by atoms with Gasteiger partial charge >= 0.3 is 5.69 Å². The fraction of sp³-hybridized carbons (Fsp3) is 0.643. The zero-order chi connectivity index (χ0) is 15.3. The summed E-state index contributed by atoms with van der Waals surface area (Å²) in [5, 5.41) is 12.4. The standard InChI is InChI=1S/C14H21N3O4/c18-10-14(5-2-1-3-6-14)9-15-12(20)8-17-7-4-11(19)16-13(17)21/h4,7,18H,1-3,5-6,8-10H2,(H,15,20)(H,16,19,21). The van der Waals surface area contributed by atoms with E-state index in [4.69, 9.17) is 0 Å². The summed E-state index contributed by atoms with van der Waals surface area (Å²) < 4.78 is 1.14. The third-order valence-electron chi connectivity index (χ3n) is 4.12. The van der Waals surface area contributed by atoms with Gasteiger partial charge in [0.25, 0.3) is 5.56 Å². The van der Waals surface area contributed by atoms with E-state index in [1.807, 2.05) is 0 Å². The lowest BCUT2D eigenvalue weighted by molar-refractivity contribution is -0.122. The Morgan fingerprint density at radius 2 is 2.05 bits per heavy atom. The van der Waals surface area contributed by atoms with E-state index in [1.54, 1.807) is 0 Å². The number of amides is 1. The first-order valence-electron chi connectivity index (χ1n) is 7.22. The van der Waals surface area contributed by atoms with Crippen molar-refractivity contribution in [3.8, 4) is 0 Å². The Morgan fingerprint density at radius 3 is 2.67 bits per heavy atom. The second kappa shape index (κ2) is 6.71. The molecule has 1 aromatic rings. The fourth-order valence-corrected chi connectivity index (χ4v) is 2.76.